The van der Waals surface area contributed by atoms with Gasteiger partial charge in [0.15, 0.2) is 5.69 Å². The number of urea groups is 1. The summed E-state index contributed by atoms with van der Waals surface area (Å²) in [7, 11) is 0. The van der Waals surface area contributed by atoms with Crippen LogP contribution in [0.25, 0.3) is 22.0 Å². The van der Waals surface area contributed by atoms with Crippen molar-refractivity contribution in [3.05, 3.63) is 60.3 Å². The molecule has 0 bridgehead atoms. The predicted octanol–water partition coefficient (Wildman–Crippen LogP) is 4.81. The topological polar surface area (TPSA) is 74.2 Å². The minimum absolute atomic E-state index is 0.0294. The number of amides is 2. The molecule has 1 unspecified atom stereocenters. The Bertz CT molecular complexity index is 1010. The number of aliphatic hydroxyl groups excluding tert-OH is 1. The number of rotatable bonds is 5. The number of nitrogens with zero attached hydrogens (tertiary/aromatic N) is 1. The molecule has 3 rings (SSSR count). The van der Waals surface area contributed by atoms with E-state index in [2.05, 4.69) is 15.6 Å². The highest BCUT2D eigenvalue weighted by Crippen LogP contribution is 2.37. The molecule has 1 aromatic heterocycles. The van der Waals surface area contributed by atoms with Crippen molar-refractivity contribution in [2.24, 2.45) is 0 Å². The summed E-state index contributed by atoms with van der Waals surface area (Å²) in [6.45, 7) is 1.89. The first-order valence-corrected chi connectivity index (χ1v) is 9.08. The predicted molar refractivity (Wildman–Crippen MR) is 106 cm³/mol. The average Bonchev–Trinajstić information content (AvgIpc) is 2.71. The Hall–Kier alpha value is -3.13. The molecule has 1 heterocycles. The summed E-state index contributed by atoms with van der Waals surface area (Å²) in [6.07, 6.45) is -4.74. The lowest BCUT2D eigenvalue weighted by Crippen LogP contribution is -2.34. The minimum Gasteiger partial charge on any atom is -0.391 e. The van der Waals surface area contributed by atoms with Crippen molar-refractivity contribution in [1.29, 1.82) is 0 Å². The molecule has 3 N–H and O–H groups in total. The molecule has 3 aromatic rings. The van der Waals surface area contributed by atoms with Crippen molar-refractivity contribution in [3.63, 3.8) is 0 Å². The van der Waals surface area contributed by atoms with Crippen LogP contribution in [0.15, 0.2) is 54.6 Å². The minimum atomic E-state index is -4.60. The first-order chi connectivity index (χ1) is 13.8. The lowest BCUT2D eigenvalue weighted by atomic mass is 10.0. The van der Waals surface area contributed by atoms with Crippen molar-refractivity contribution in [2.45, 2.75) is 25.6 Å². The molecule has 152 valence electrons. The fourth-order valence-electron chi connectivity index (χ4n) is 2.84. The maximum absolute atomic E-state index is 13.5. The Balaban J connectivity index is 1.95. The summed E-state index contributed by atoms with van der Waals surface area (Å²) in [4.78, 5) is 15.8. The van der Waals surface area contributed by atoms with Crippen LogP contribution in [0.2, 0.25) is 0 Å². The average molecular weight is 403 g/mol. The molecule has 0 aliphatic heterocycles. The van der Waals surface area contributed by atoms with Gasteiger partial charge in [0, 0.05) is 23.2 Å². The first kappa shape index (κ1) is 20.6. The standard InChI is InChI=1S/C21H20F3N3O2/c1-2-16(28)12-25-20(29)26-15-8-9-18-14(10-15)11-17(13-6-4-3-5-7-13)19(27-18)21(22,23)24/h3-11,16,28H,2,12H2,1H3,(H2,25,26,29). The quantitative estimate of drug-likeness (QED) is 0.572. The maximum Gasteiger partial charge on any atom is 0.433 e. The van der Waals surface area contributed by atoms with E-state index >= 15 is 0 Å². The van der Waals surface area contributed by atoms with Crippen LogP contribution in [0.1, 0.15) is 19.0 Å². The third-order valence-corrected chi connectivity index (χ3v) is 4.40. The highest BCUT2D eigenvalue weighted by atomic mass is 19.4. The van der Waals surface area contributed by atoms with Crippen LogP contribution in [0.5, 0.6) is 0 Å². The summed E-state index contributed by atoms with van der Waals surface area (Å²) in [5.74, 6) is 0. The second-order valence-corrected chi connectivity index (χ2v) is 6.55. The Morgan fingerprint density at radius 2 is 1.86 bits per heavy atom. The number of alkyl halides is 3. The SMILES string of the molecule is CCC(O)CNC(=O)Nc1ccc2nc(C(F)(F)F)c(-c3ccccc3)cc2c1. The van der Waals surface area contributed by atoms with E-state index in [0.717, 1.165) is 0 Å². The highest BCUT2D eigenvalue weighted by molar-refractivity contribution is 5.94. The number of hydrogen-bond donors (Lipinski definition) is 3. The zero-order chi connectivity index (χ0) is 21.0. The molecule has 0 saturated heterocycles. The summed E-state index contributed by atoms with van der Waals surface area (Å²) >= 11 is 0. The number of fused-ring (bicyclic) bond motifs is 1. The van der Waals surface area contributed by atoms with Crippen LogP contribution in [0.3, 0.4) is 0 Å². The van der Waals surface area contributed by atoms with E-state index in [1.54, 1.807) is 43.3 Å². The van der Waals surface area contributed by atoms with Crippen molar-refractivity contribution in [2.75, 3.05) is 11.9 Å². The monoisotopic (exact) mass is 403 g/mol. The second-order valence-electron chi connectivity index (χ2n) is 6.55. The van der Waals surface area contributed by atoms with Gasteiger partial charge >= 0.3 is 12.2 Å². The number of benzene rings is 2. The van der Waals surface area contributed by atoms with Crippen LogP contribution in [0.4, 0.5) is 23.7 Å². The van der Waals surface area contributed by atoms with Crippen molar-refractivity contribution in [3.8, 4) is 11.1 Å². The molecule has 0 fully saturated rings. The van der Waals surface area contributed by atoms with Gasteiger partial charge in [0.2, 0.25) is 0 Å². The van der Waals surface area contributed by atoms with Crippen molar-refractivity contribution in [1.82, 2.24) is 10.3 Å². The molecule has 2 aromatic carbocycles. The van der Waals surface area contributed by atoms with Crippen LogP contribution >= 0.6 is 0 Å². The van der Waals surface area contributed by atoms with Crippen LogP contribution < -0.4 is 10.6 Å². The fourth-order valence-corrected chi connectivity index (χ4v) is 2.84. The Morgan fingerprint density at radius 3 is 2.52 bits per heavy atom. The largest absolute Gasteiger partial charge is 0.433 e. The van der Waals surface area contributed by atoms with Gasteiger partial charge in [0.1, 0.15) is 0 Å². The molecule has 0 aliphatic rings. The van der Waals surface area contributed by atoms with Crippen molar-refractivity contribution >= 4 is 22.6 Å². The van der Waals surface area contributed by atoms with Gasteiger partial charge in [0.25, 0.3) is 0 Å². The molecule has 0 spiro atoms. The van der Waals surface area contributed by atoms with Crippen molar-refractivity contribution < 1.29 is 23.1 Å². The van der Waals surface area contributed by atoms with E-state index in [1.165, 1.54) is 18.2 Å². The van der Waals surface area contributed by atoms with E-state index in [-0.39, 0.29) is 17.6 Å². The molecule has 29 heavy (non-hydrogen) atoms. The zero-order valence-electron chi connectivity index (χ0n) is 15.6. The number of aliphatic hydroxyl groups is 1. The van der Waals surface area contributed by atoms with Gasteiger partial charge < -0.3 is 15.7 Å². The number of carbonyl (C=O) groups is 1. The molecule has 5 nitrogen and oxygen atoms in total. The third kappa shape index (κ3) is 5.03. The molecule has 8 heteroatoms. The Labute approximate surface area is 165 Å². The lowest BCUT2D eigenvalue weighted by molar-refractivity contribution is -0.140. The van der Waals surface area contributed by atoms with Crippen LogP contribution in [0, 0.1) is 0 Å². The van der Waals surface area contributed by atoms with Gasteiger partial charge in [-0.1, -0.05) is 37.3 Å². The van der Waals surface area contributed by atoms with E-state index in [9.17, 15) is 23.1 Å². The van der Waals surface area contributed by atoms with E-state index in [4.69, 9.17) is 0 Å². The highest BCUT2D eigenvalue weighted by Gasteiger charge is 2.36. The van der Waals surface area contributed by atoms with Gasteiger partial charge in [-0.05, 0) is 36.2 Å². The Morgan fingerprint density at radius 1 is 1.14 bits per heavy atom. The maximum atomic E-state index is 13.5. The Kier molecular flexibility index (Phi) is 6.03. The number of pyridine rings is 1. The van der Waals surface area contributed by atoms with Gasteiger partial charge in [-0.3, -0.25) is 0 Å². The number of aromatic nitrogens is 1. The number of nitrogens with one attached hydrogen (secondary N) is 2. The van der Waals surface area contributed by atoms with Gasteiger partial charge in [-0.2, -0.15) is 13.2 Å². The van der Waals surface area contributed by atoms with Crippen LogP contribution in [-0.2, 0) is 6.18 Å². The summed E-state index contributed by atoms with van der Waals surface area (Å²) in [6, 6.07) is 13.6. The second kappa shape index (κ2) is 8.48. The van der Waals surface area contributed by atoms with E-state index < -0.39 is 24.0 Å². The molecule has 0 aliphatic carbocycles. The molecular weight excluding hydrogens is 383 g/mol. The molecule has 2 amide bonds. The zero-order valence-corrected chi connectivity index (χ0v) is 15.6. The van der Waals surface area contributed by atoms with Crippen LogP contribution in [-0.4, -0.2) is 28.8 Å². The number of carbonyl (C=O) groups excluding carboxylic acids is 1. The van der Waals surface area contributed by atoms with Gasteiger partial charge in [-0.15, -0.1) is 0 Å². The van der Waals surface area contributed by atoms with Gasteiger partial charge in [-0.25, -0.2) is 9.78 Å². The molecule has 1 atom stereocenters. The molecular formula is C21H20F3N3O2. The fraction of sp³-hybridized carbons (Fsp3) is 0.238. The van der Waals surface area contributed by atoms with E-state index in [1.807, 2.05) is 0 Å². The first-order valence-electron chi connectivity index (χ1n) is 9.08. The summed E-state index contributed by atoms with van der Waals surface area (Å²) in [5, 5.41) is 15.1. The third-order valence-electron chi connectivity index (χ3n) is 4.40. The summed E-state index contributed by atoms with van der Waals surface area (Å²) < 4.78 is 40.6. The lowest BCUT2D eigenvalue weighted by Gasteiger charge is -2.15. The smallest absolute Gasteiger partial charge is 0.391 e. The molecule has 0 saturated carbocycles. The number of hydrogen-bond acceptors (Lipinski definition) is 3. The number of halogens is 3. The van der Waals surface area contributed by atoms with Gasteiger partial charge in [0.05, 0.1) is 11.6 Å². The normalized spacial score (nSPS) is 12.6. The summed E-state index contributed by atoms with van der Waals surface area (Å²) in [5.41, 5.74) is -0.00807. The number of anilines is 1. The van der Waals surface area contributed by atoms with E-state index in [0.29, 0.717) is 23.1 Å². The molecule has 0 radical (unpaired) electrons.